The lowest BCUT2D eigenvalue weighted by Crippen LogP contribution is -2.53. The molecule has 5 nitrogen and oxygen atoms in total. The summed E-state index contributed by atoms with van der Waals surface area (Å²) in [6, 6.07) is 3.50. The number of nitrogens with one attached hydrogen (secondary N) is 1. The van der Waals surface area contributed by atoms with E-state index in [1.54, 1.807) is 0 Å². The van der Waals surface area contributed by atoms with E-state index in [-0.39, 0.29) is 11.6 Å². The summed E-state index contributed by atoms with van der Waals surface area (Å²) >= 11 is 0. The summed E-state index contributed by atoms with van der Waals surface area (Å²) in [6.45, 7) is 9.26. The maximum Gasteiger partial charge on any atom is 0.272 e. The number of benzene rings is 1. The molecule has 0 bridgehead atoms. The van der Waals surface area contributed by atoms with Crippen LogP contribution >= 0.6 is 0 Å². The van der Waals surface area contributed by atoms with E-state index in [9.17, 15) is 13.6 Å². The van der Waals surface area contributed by atoms with Crippen LogP contribution in [0, 0.1) is 23.5 Å². The molecule has 31 heavy (non-hydrogen) atoms. The third-order valence-corrected chi connectivity index (χ3v) is 7.06. The van der Waals surface area contributed by atoms with Crippen LogP contribution in [-0.2, 0) is 6.42 Å². The molecule has 0 spiro atoms. The van der Waals surface area contributed by atoms with Crippen molar-refractivity contribution in [1.29, 1.82) is 0 Å². The Morgan fingerprint density at radius 1 is 1.26 bits per heavy atom. The number of aromatic nitrogens is 2. The van der Waals surface area contributed by atoms with Crippen molar-refractivity contribution in [3.8, 4) is 5.69 Å². The number of hydrogen-bond acceptors (Lipinski definition) is 3. The van der Waals surface area contributed by atoms with Crippen LogP contribution in [0.2, 0.25) is 0 Å². The fourth-order valence-corrected chi connectivity index (χ4v) is 5.32. The molecule has 1 saturated heterocycles. The van der Waals surface area contributed by atoms with Crippen molar-refractivity contribution in [3.05, 3.63) is 46.8 Å². The molecule has 2 fully saturated rings. The van der Waals surface area contributed by atoms with E-state index < -0.39 is 17.2 Å². The second kappa shape index (κ2) is 7.40. The average Bonchev–Trinajstić information content (AvgIpc) is 3.19. The van der Waals surface area contributed by atoms with Crippen LogP contribution in [0.3, 0.4) is 0 Å². The van der Waals surface area contributed by atoms with Crippen molar-refractivity contribution >= 4 is 5.91 Å². The van der Waals surface area contributed by atoms with Gasteiger partial charge in [0.1, 0.15) is 11.5 Å². The molecule has 1 saturated carbocycles. The van der Waals surface area contributed by atoms with Crippen molar-refractivity contribution in [2.75, 3.05) is 19.6 Å². The molecule has 2 heterocycles. The zero-order chi connectivity index (χ0) is 21.9. The summed E-state index contributed by atoms with van der Waals surface area (Å²) in [4.78, 5) is 15.7. The Labute approximate surface area is 181 Å². The van der Waals surface area contributed by atoms with Gasteiger partial charge in [0.25, 0.3) is 5.91 Å². The molecule has 1 N–H and O–H groups in total. The van der Waals surface area contributed by atoms with Gasteiger partial charge in [-0.05, 0) is 76.6 Å². The minimum atomic E-state index is -0.666. The lowest BCUT2D eigenvalue weighted by Gasteiger charge is -2.37. The molecule has 1 aliphatic heterocycles. The van der Waals surface area contributed by atoms with E-state index in [0.717, 1.165) is 55.7 Å². The van der Waals surface area contributed by atoms with Crippen LogP contribution in [-0.4, -0.2) is 45.8 Å². The average molecular weight is 429 g/mol. The van der Waals surface area contributed by atoms with E-state index in [1.807, 2.05) is 13.8 Å². The van der Waals surface area contributed by atoms with Gasteiger partial charge in [0.2, 0.25) is 0 Å². The van der Waals surface area contributed by atoms with Crippen LogP contribution in [0.1, 0.15) is 67.7 Å². The molecule has 1 amide bonds. The molecular formula is C24H30F2N4O. The molecule has 3 aliphatic rings. The van der Waals surface area contributed by atoms with Crippen LogP contribution in [0.15, 0.2) is 18.2 Å². The molecule has 5 rings (SSSR count). The summed E-state index contributed by atoms with van der Waals surface area (Å²) < 4.78 is 29.5. The Morgan fingerprint density at radius 2 is 2.00 bits per heavy atom. The van der Waals surface area contributed by atoms with Crippen molar-refractivity contribution in [3.63, 3.8) is 0 Å². The summed E-state index contributed by atoms with van der Waals surface area (Å²) in [5.74, 6) is 0.0877. The smallest absolute Gasteiger partial charge is 0.272 e. The van der Waals surface area contributed by atoms with Crippen molar-refractivity contribution in [1.82, 2.24) is 20.0 Å². The molecule has 166 valence electrons. The topological polar surface area (TPSA) is 50.2 Å². The summed E-state index contributed by atoms with van der Waals surface area (Å²) in [6.07, 6.45) is 4.22. The normalized spacial score (nSPS) is 23.5. The Morgan fingerprint density at radius 3 is 2.71 bits per heavy atom. The maximum absolute atomic E-state index is 14.5. The highest BCUT2D eigenvalue weighted by molar-refractivity contribution is 5.95. The third-order valence-electron chi connectivity index (χ3n) is 7.06. The Bertz CT molecular complexity index is 1020. The highest BCUT2D eigenvalue weighted by Crippen LogP contribution is 2.57. The number of hydrogen-bond donors (Lipinski definition) is 1. The quantitative estimate of drug-likeness (QED) is 0.782. The summed E-state index contributed by atoms with van der Waals surface area (Å²) in [7, 11) is 0. The largest absolute Gasteiger partial charge is 0.344 e. The Kier molecular flexibility index (Phi) is 4.92. The van der Waals surface area contributed by atoms with Gasteiger partial charge in [-0.3, -0.25) is 4.79 Å². The minimum absolute atomic E-state index is 0.200. The number of amides is 1. The highest BCUT2D eigenvalue weighted by atomic mass is 19.1. The fraction of sp³-hybridized carbons (Fsp3) is 0.583. The van der Waals surface area contributed by atoms with Crippen molar-refractivity contribution < 1.29 is 13.6 Å². The molecule has 0 unspecified atom stereocenters. The lowest BCUT2D eigenvalue weighted by molar-refractivity contribution is 0.0861. The fourth-order valence-electron chi connectivity index (χ4n) is 5.32. The minimum Gasteiger partial charge on any atom is -0.344 e. The molecule has 1 aromatic carbocycles. The number of rotatable bonds is 5. The first-order chi connectivity index (χ1) is 14.7. The monoisotopic (exact) mass is 428 g/mol. The lowest BCUT2D eigenvalue weighted by atomic mass is 9.96. The first-order valence-corrected chi connectivity index (χ1v) is 11.3. The standard InChI is InChI=1S/C24H30F2N4O/c1-14-6-8-29(9-7-14)13-24(2,3)27-23(31)21-18-11-15-10-17(15)22(18)30(28-21)20-5-4-16(25)12-19(20)26/h4-5,12,14-15,17H,6-11,13H2,1-3H3,(H,27,31)/t15-,17-/m1/s1. The van der Waals surface area contributed by atoms with E-state index in [2.05, 4.69) is 22.2 Å². The predicted molar refractivity (Wildman–Crippen MR) is 114 cm³/mol. The zero-order valence-electron chi connectivity index (χ0n) is 18.4. The van der Waals surface area contributed by atoms with Gasteiger partial charge in [0.15, 0.2) is 11.5 Å². The van der Waals surface area contributed by atoms with Gasteiger partial charge in [-0.25, -0.2) is 13.5 Å². The van der Waals surface area contributed by atoms with E-state index in [1.165, 1.54) is 29.7 Å². The van der Waals surface area contributed by atoms with E-state index in [0.29, 0.717) is 17.5 Å². The van der Waals surface area contributed by atoms with Gasteiger partial charge < -0.3 is 10.2 Å². The second-order valence-electron chi connectivity index (χ2n) is 10.3. The molecule has 2 atom stereocenters. The van der Waals surface area contributed by atoms with Crippen LogP contribution < -0.4 is 5.32 Å². The number of nitrogens with zero attached hydrogens (tertiary/aromatic N) is 3. The van der Waals surface area contributed by atoms with Gasteiger partial charge in [0, 0.05) is 29.6 Å². The van der Waals surface area contributed by atoms with Gasteiger partial charge in [-0.15, -0.1) is 0 Å². The van der Waals surface area contributed by atoms with Gasteiger partial charge in [-0.1, -0.05) is 6.92 Å². The van der Waals surface area contributed by atoms with E-state index in [4.69, 9.17) is 0 Å². The second-order valence-corrected chi connectivity index (χ2v) is 10.3. The molecule has 7 heteroatoms. The molecule has 1 aromatic heterocycles. The first kappa shape index (κ1) is 20.6. The maximum atomic E-state index is 14.5. The SMILES string of the molecule is CC1CCN(CC(C)(C)NC(=O)c2nn(-c3ccc(F)cc3F)c3c2C[C@H]2C[C@@H]32)CC1. The van der Waals surface area contributed by atoms with Gasteiger partial charge in [-0.2, -0.15) is 5.10 Å². The third kappa shape index (κ3) is 3.88. The number of carbonyl (C=O) groups is 1. The molecule has 0 radical (unpaired) electrons. The number of halogens is 2. The zero-order valence-corrected chi connectivity index (χ0v) is 18.4. The van der Waals surface area contributed by atoms with Crippen LogP contribution in [0.25, 0.3) is 5.69 Å². The summed E-state index contributed by atoms with van der Waals surface area (Å²) in [5, 5.41) is 7.71. The highest BCUT2D eigenvalue weighted by Gasteiger charge is 2.50. The number of likely N-dealkylation sites (tertiary alicyclic amines) is 1. The predicted octanol–water partition coefficient (Wildman–Crippen LogP) is 4.05. The molecular weight excluding hydrogens is 398 g/mol. The van der Waals surface area contributed by atoms with E-state index >= 15 is 0 Å². The molecule has 2 aromatic rings. The van der Waals surface area contributed by atoms with Gasteiger partial charge in [0.05, 0.1) is 5.69 Å². The van der Waals surface area contributed by atoms with Crippen molar-refractivity contribution in [2.45, 2.75) is 57.9 Å². The van der Waals surface area contributed by atoms with Crippen molar-refractivity contribution in [2.24, 2.45) is 11.8 Å². The first-order valence-electron chi connectivity index (χ1n) is 11.3. The summed E-state index contributed by atoms with van der Waals surface area (Å²) in [5.41, 5.74) is 2.02. The van der Waals surface area contributed by atoms with Crippen LogP contribution in [0.4, 0.5) is 8.78 Å². The molecule has 2 aliphatic carbocycles. The number of piperidine rings is 1. The Hall–Kier alpha value is -2.28. The number of carbonyl (C=O) groups excluding carboxylic acids is 1. The van der Waals surface area contributed by atoms with Crippen LogP contribution in [0.5, 0.6) is 0 Å². The van der Waals surface area contributed by atoms with Gasteiger partial charge >= 0.3 is 0 Å². The Balaban J connectivity index is 1.39. The number of fused-ring (bicyclic) bond motifs is 3.